The third-order valence-corrected chi connectivity index (χ3v) is 4.45. The minimum absolute atomic E-state index is 0.144. The zero-order valence-corrected chi connectivity index (χ0v) is 13.0. The molecule has 0 radical (unpaired) electrons. The summed E-state index contributed by atoms with van der Waals surface area (Å²) in [5.41, 5.74) is 3.14. The molecule has 0 amide bonds. The van der Waals surface area contributed by atoms with Gasteiger partial charge in [-0.1, -0.05) is 0 Å². The molecule has 0 saturated heterocycles. The van der Waals surface area contributed by atoms with Crippen LogP contribution in [0, 0.1) is 18.6 Å². The molecule has 0 saturated carbocycles. The standard InChI is InChI=1S/C14H12ClF2N3S/c1-7(15)14-19-10-4-3-9(16)12(17)13(10)20(14)5-11-8(2)18-6-21-11/h3-4,6-7H,5H2,1-2H3. The highest BCUT2D eigenvalue weighted by atomic mass is 35.5. The van der Waals surface area contributed by atoms with E-state index >= 15 is 0 Å². The van der Waals surface area contributed by atoms with Crippen LogP contribution in [0.15, 0.2) is 17.6 Å². The molecule has 0 aliphatic carbocycles. The van der Waals surface area contributed by atoms with Crippen LogP contribution >= 0.6 is 22.9 Å². The number of hydrogen-bond acceptors (Lipinski definition) is 3. The number of nitrogens with zero attached hydrogens (tertiary/aromatic N) is 3. The first kappa shape index (κ1) is 14.4. The van der Waals surface area contributed by atoms with Crippen LogP contribution in [0.25, 0.3) is 11.0 Å². The van der Waals surface area contributed by atoms with Gasteiger partial charge in [0.1, 0.15) is 11.3 Å². The number of imidazole rings is 1. The van der Waals surface area contributed by atoms with E-state index in [9.17, 15) is 8.78 Å². The molecule has 21 heavy (non-hydrogen) atoms. The second-order valence-electron chi connectivity index (χ2n) is 4.76. The Morgan fingerprint density at radius 1 is 1.38 bits per heavy atom. The largest absolute Gasteiger partial charge is 0.319 e. The van der Waals surface area contributed by atoms with E-state index in [-0.39, 0.29) is 5.52 Å². The Morgan fingerprint density at radius 2 is 2.14 bits per heavy atom. The van der Waals surface area contributed by atoms with Gasteiger partial charge < -0.3 is 4.57 Å². The number of thiazole rings is 1. The smallest absolute Gasteiger partial charge is 0.184 e. The average molecular weight is 328 g/mol. The van der Waals surface area contributed by atoms with Gasteiger partial charge in [0.2, 0.25) is 0 Å². The van der Waals surface area contributed by atoms with Crippen LogP contribution in [0.1, 0.15) is 28.7 Å². The first-order chi connectivity index (χ1) is 9.99. The van der Waals surface area contributed by atoms with Gasteiger partial charge in [-0.25, -0.2) is 18.7 Å². The maximum Gasteiger partial charge on any atom is 0.184 e. The molecule has 0 fully saturated rings. The van der Waals surface area contributed by atoms with Crippen molar-refractivity contribution >= 4 is 34.0 Å². The number of alkyl halides is 1. The van der Waals surface area contributed by atoms with Gasteiger partial charge in [0.25, 0.3) is 0 Å². The van der Waals surface area contributed by atoms with Gasteiger partial charge in [-0.2, -0.15) is 0 Å². The summed E-state index contributed by atoms with van der Waals surface area (Å²) in [7, 11) is 0. The zero-order valence-electron chi connectivity index (χ0n) is 11.4. The Kier molecular flexibility index (Phi) is 3.67. The quantitative estimate of drug-likeness (QED) is 0.666. The highest BCUT2D eigenvalue weighted by Gasteiger charge is 2.21. The van der Waals surface area contributed by atoms with Crippen molar-refractivity contribution < 1.29 is 8.78 Å². The summed E-state index contributed by atoms with van der Waals surface area (Å²) in [5.74, 6) is -1.27. The second kappa shape index (κ2) is 5.35. The SMILES string of the molecule is Cc1ncsc1Cn1c(C(C)Cl)nc2ccc(F)c(F)c21. The van der Waals surface area contributed by atoms with Gasteiger partial charge in [-0.05, 0) is 26.0 Å². The van der Waals surface area contributed by atoms with Gasteiger partial charge in [0.15, 0.2) is 11.6 Å². The van der Waals surface area contributed by atoms with Crippen molar-refractivity contribution in [3.8, 4) is 0 Å². The Hall–Kier alpha value is -1.53. The van der Waals surface area contributed by atoms with Crippen molar-refractivity contribution in [1.29, 1.82) is 0 Å². The van der Waals surface area contributed by atoms with Crippen molar-refractivity contribution in [2.45, 2.75) is 25.8 Å². The molecule has 3 nitrogen and oxygen atoms in total. The number of aryl methyl sites for hydroxylation is 1. The third-order valence-electron chi connectivity index (χ3n) is 3.33. The molecule has 1 unspecified atom stereocenters. The lowest BCUT2D eigenvalue weighted by molar-refractivity contribution is 0.511. The van der Waals surface area contributed by atoms with E-state index in [0.717, 1.165) is 16.6 Å². The third kappa shape index (κ3) is 2.42. The minimum atomic E-state index is -0.897. The van der Waals surface area contributed by atoms with E-state index in [1.807, 2.05) is 6.92 Å². The van der Waals surface area contributed by atoms with Gasteiger partial charge in [-0.3, -0.25) is 0 Å². The number of benzene rings is 1. The lowest BCUT2D eigenvalue weighted by Crippen LogP contribution is -2.07. The summed E-state index contributed by atoms with van der Waals surface area (Å²) in [6.45, 7) is 4.01. The number of rotatable bonds is 3. The topological polar surface area (TPSA) is 30.7 Å². The van der Waals surface area contributed by atoms with Crippen molar-refractivity contribution in [3.05, 3.63) is 45.7 Å². The van der Waals surface area contributed by atoms with Crippen LogP contribution < -0.4 is 0 Å². The molecule has 2 heterocycles. The maximum absolute atomic E-state index is 14.2. The Morgan fingerprint density at radius 3 is 2.76 bits per heavy atom. The summed E-state index contributed by atoms with van der Waals surface area (Å²) in [5, 5.41) is -0.409. The van der Waals surface area contributed by atoms with Crippen molar-refractivity contribution in [1.82, 2.24) is 14.5 Å². The van der Waals surface area contributed by atoms with Crippen LogP contribution in [0.4, 0.5) is 8.78 Å². The lowest BCUT2D eigenvalue weighted by atomic mass is 10.3. The van der Waals surface area contributed by atoms with Crippen LogP contribution in [-0.2, 0) is 6.54 Å². The molecule has 3 aromatic rings. The normalized spacial score (nSPS) is 13.0. The number of fused-ring (bicyclic) bond motifs is 1. The predicted octanol–water partition coefficient (Wildman–Crippen LogP) is 4.43. The van der Waals surface area contributed by atoms with E-state index in [1.165, 1.54) is 17.4 Å². The minimum Gasteiger partial charge on any atom is -0.319 e. The molecule has 1 atom stereocenters. The van der Waals surface area contributed by atoms with Gasteiger partial charge in [0.05, 0.1) is 28.6 Å². The van der Waals surface area contributed by atoms with Crippen LogP contribution in [0.2, 0.25) is 0 Å². The van der Waals surface area contributed by atoms with E-state index in [0.29, 0.717) is 17.9 Å². The van der Waals surface area contributed by atoms with Crippen LogP contribution in [-0.4, -0.2) is 14.5 Å². The van der Waals surface area contributed by atoms with Crippen molar-refractivity contribution in [3.63, 3.8) is 0 Å². The van der Waals surface area contributed by atoms with Gasteiger partial charge in [-0.15, -0.1) is 22.9 Å². The zero-order chi connectivity index (χ0) is 15.1. The van der Waals surface area contributed by atoms with E-state index in [1.54, 1.807) is 17.0 Å². The first-order valence-electron chi connectivity index (χ1n) is 6.36. The highest BCUT2D eigenvalue weighted by Crippen LogP contribution is 2.29. The molecule has 0 aliphatic heterocycles. The predicted molar refractivity (Wildman–Crippen MR) is 79.9 cm³/mol. The van der Waals surface area contributed by atoms with Crippen molar-refractivity contribution in [2.75, 3.05) is 0 Å². The van der Waals surface area contributed by atoms with Gasteiger partial charge in [0, 0.05) is 4.88 Å². The molecule has 2 aromatic heterocycles. The second-order valence-corrected chi connectivity index (χ2v) is 6.36. The van der Waals surface area contributed by atoms with Gasteiger partial charge >= 0.3 is 0 Å². The summed E-state index contributed by atoms with van der Waals surface area (Å²) < 4.78 is 29.3. The average Bonchev–Trinajstić information content (AvgIpc) is 3.00. The molecular weight excluding hydrogens is 316 g/mol. The fraction of sp³-hybridized carbons (Fsp3) is 0.286. The summed E-state index contributed by atoms with van der Waals surface area (Å²) in [4.78, 5) is 9.48. The maximum atomic E-state index is 14.2. The van der Waals surface area contributed by atoms with E-state index in [4.69, 9.17) is 11.6 Å². The lowest BCUT2D eigenvalue weighted by Gasteiger charge is -2.10. The number of hydrogen-bond donors (Lipinski definition) is 0. The summed E-state index contributed by atoms with van der Waals surface area (Å²) >= 11 is 7.61. The summed E-state index contributed by atoms with van der Waals surface area (Å²) in [6, 6.07) is 2.54. The molecule has 3 rings (SSSR count). The molecule has 0 N–H and O–H groups in total. The van der Waals surface area contributed by atoms with Crippen molar-refractivity contribution in [2.24, 2.45) is 0 Å². The molecule has 110 valence electrons. The Bertz CT molecular complexity index is 810. The monoisotopic (exact) mass is 327 g/mol. The molecule has 0 spiro atoms. The van der Waals surface area contributed by atoms with Crippen LogP contribution in [0.3, 0.4) is 0 Å². The molecular formula is C14H12ClF2N3S. The van der Waals surface area contributed by atoms with Crippen LogP contribution in [0.5, 0.6) is 0 Å². The Balaban J connectivity index is 2.25. The fourth-order valence-electron chi connectivity index (χ4n) is 2.26. The molecule has 0 aliphatic rings. The van der Waals surface area contributed by atoms with E-state index < -0.39 is 17.0 Å². The van der Waals surface area contributed by atoms with E-state index in [2.05, 4.69) is 9.97 Å². The molecule has 7 heteroatoms. The molecule has 1 aromatic carbocycles. The fourth-order valence-corrected chi connectivity index (χ4v) is 3.19. The highest BCUT2D eigenvalue weighted by molar-refractivity contribution is 7.09. The number of halogens is 3. The Labute approximate surface area is 129 Å². The number of aromatic nitrogens is 3. The summed E-state index contributed by atoms with van der Waals surface area (Å²) in [6.07, 6.45) is 0. The first-order valence-corrected chi connectivity index (χ1v) is 7.67. The molecule has 0 bridgehead atoms.